The van der Waals surface area contributed by atoms with Crippen molar-refractivity contribution in [3.63, 3.8) is 0 Å². The van der Waals surface area contributed by atoms with E-state index in [-0.39, 0.29) is 27.6 Å². The van der Waals surface area contributed by atoms with E-state index in [4.69, 9.17) is 9.47 Å². The Morgan fingerprint density at radius 2 is 1.07 bits per heavy atom. The Bertz CT molecular complexity index is 820. The topological polar surface area (TPSA) is 72.8 Å². The number of ether oxygens (including phenoxy) is 2. The van der Waals surface area contributed by atoms with Gasteiger partial charge in [0.15, 0.2) is 6.10 Å². The zero-order valence-electron chi connectivity index (χ0n) is 25.0. The van der Waals surface area contributed by atoms with E-state index in [1.807, 2.05) is 0 Å². The van der Waals surface area contributed by atoms with Gasteiger partial charge >= 0.3 is 114 Å². The van der Waals surface area contributed by atoms with Crippen LogP contribution in [0.5, 0.6) is 0 Å². The Morgan fingerprint density at radius 1 is 0.650 bits per heavy atom. The standard InChI is InChI=1S/C20H38O5.2C7H7.Sn/c1-3-5-7-9-11-13-15-24-19(22)17-18(21)20(23)25-16-14-12-10-8-6-4-2;2*1-7-5-3-2-4-6-7;/h18,21H,3-17H2,1-2H3;2*2-6H,1H2;. The summed E-state index contributed by atoms with van der Waals surface area (Å²) >= 11 is -0.258. The first-order chi connectivity index (χ1) is 19.6. The molecule has 5 nitrogen and oxygen atoms in total. The molecule has 1 atom stereocenters. The van der Waals surface area contributed by atoms with Crippen molar-refractivity contribution >= 4 is 33.1 Å². The van der Waals surface area contributed by atoms with E-state index < -0.39 is 18.0 Å². The summed E-state index contributed by atoms with van der Waals surface area (Å²) in [6.07, 6.45) is 11.5. The summed E-state index contributed by atoms with van der Waals surface area (Å²) < 4.78 is 12.7. The number of hydrogen-bond donors (Lipinski definition) is 1. The van der Waals surface area contributed by atoms with Gasteiger partial charge in [0.1, 0.15) is 0 Å². The number of rotatable bonds is 21. The number of aliphatic hydroxyl groups is 1. The number of hydrogen-bond acceptors (Lipinski definition) is 5. The fourth-order valence-corrected chi connectivity index (χ4v) is 7.41. The van der Waals surface area contributed by atoms with Crippen LogP contribution < -0.4 is 0 Å². The van der Waals surface area contributed by atoms with Gasteiger partial charge in [0.05, 0.1) is 19.6 Å². The van der Waals surface area contributed by atoms with Crippen LogP contribution in [-0.2, 0) is 27.9 Å². The molecule has 2 aromatic rings. The number of esters is 2. The first kappa shape index (κ1) is 36.2. The van der Waals surface area contributed by atoms with Crippen LogP contribution in [0.15, 0.2) is 60.7 Å². The third-order valence-electron chi connectivity index (χ3n) is 6.48. The molecule has 2 radical (unpaired) electrons. The second-order valence-electron chi connectivity index (χ2n) is 10.2. The minimum absolute atomic E-state index is 0.258. The van der Waals surface area contributed by atoms with Gasteiger partial charge in [-0.25, -0.2) is 4.79 Å². The average molecular weight is 659 g/mol. The molecule has 0 aliphatic heterocycles. The predicted molar refractivity (Wildman–Crippen MR) is 165 cm³/mol. The van der Waals surface area contributed by atoms with Gasteiger partial charge in [-0.1, -0.05) is 78.1 Å². The molecule has 0 aromatic heterocycles. The number of benzene rings is 2. The summed E-state index contributed by atoms with van der Waals surface area (Å²) in [7, 11) is 0. The molecule has 0 fully saturated rings. The molecule has 0 amide bonds. The molecule has 0 saturated carbocycles. The summed E-state index contributed by atoms with van der Waals surface area (Å²) in [6, 6.07) is 21.7. The van der Waals surface area contributed by atoms with Crippen LogP contribution in [0, 0.1) is 0 Å². The van der Waals surface area contributed by atoms with Crippen LogP contribution in [0.2, 0.25) is 0 Å². The molecule has 0 bridgehead atoms. The Labute approximate surface area is 253 Å². The molecule has 1 N–H and O–H groups in total. The van der Waals surface area contributed by atoms with Gasteiger partial charge in [-0.05, 0) is 12.8 Å². The van der Waals surface area contributed by atoms with Crippen molar-refractivity contribution in [3.05, 3.63) is 71.8 Å². The van der Waals surface area contributed by atoms with E-state index in [2.05, 4.69) is 74.5 Å². The summed E-state index contributed by atoms with van der Waals surface area (Å²) in [4.78, 5) is 23.2. The van der Waals surface area contributed by atoms with Crippen molar-refractivity contribution in [1.29, 1.82) is 0 Å². The Balaban J connectivity index is 0.000000448. The number of unbranched alkanes of at least 4 members (excludes halogenated alkanes) is 10. The van der Waals surface area contributed by atoms with Crippen LogP contribution >= 0.6 is 0 Å². The molecule has 2 aromatic carbocycles. The Kier molecular flexibility index (Phi) is 23.6. The zero-order valence-corrected chi connectivity index (χ0v) is 27.8. The van der Waals surface area contributed by atoms with Gasteiger partial charge in [-0.2, -0.15) is 0 Å². The van der Waals surface area contributed by atoms with E-state index in [0.29, 0.717) is 13.2 Å². The van der Waals surface area contributed by atoms with Crippen molar-refractivity contribution in [3.8, 4) is 0 Å². The van der Waals surface area contributed by atoms with E-state index in [0.717, 1.165) is 38.5 Å². The normalized spacial score (nSPS) is 11.3. The molecule has 6 heteroatoms. The van der Waals surface area contributed by atoms with Crippen LogP contribution in [-0.4, -0.2) is 57.5 Å². The molecule has 0 spiro atoms. The maximum atomic E-state index is 11.6. The quantitative estimate of drug-likeness (QED) is 0.0848. The number of aliphatic hydroxyl groups excluding tert-OH is 1. The molecule has 2 rings (SSSR count). The van der Waals surface area contributed by atoms with Crippen LogP contribution in [0.4, 0.5) is 0 Å². The van der Waals surface area contributed by atoms with Crippen molar-refractivity contribution < 1.29 is 24.2 Å². The SMILES string of the molecule is CCCCCCCCOC(=O)CC(O)C(=O)OCCCCCCCC.c1ccc([CH2][Sn][CH2]c2ccccc2)cc1. The first-order valence-corrected chi connectivity index (χ1v) is 19.4. The van der Waals surface area contributed by atoms with Gasteiger partial charge in [-0.3, -0.25) is 4.79 Å². The molecule has 40 heavy (non-hydrogen) atoms. The molecule has 0 aliphatic rings. The second kappa shape index (κ2) is 26.1. The number of carbonyl (C=O) groups excluding carboxylic acids is 2. The molecule has 0 aliphatic carbocycles. The van der Waals surface area contributed by atoms with Gasteiger partial charge < -0.3 is 14.6 Å². The van der Waals surface area contributed by atoms with E-state index in [9.17, 15) is 14.7 Å². The predicted octanol–water partition coefficient (Wildman–Crippen LogP) is 7.64. The molecule has 1 unspecified atom stereocenters. The summed E-state index contributed by atoms with van der Waals surface area (Å²) in [5, 5.41) is 9.69. The maximum absolute atomic E-state index is 11.6. The fourth-order valence-electron chi connectivity index (χ4n) is 4.06. The zero-order chi connectivity index (χ0) is 29.1. The van der Waals surface area contributed by atoms with E-state index >= 15 is 0 Å². The van der Waals surface area contributed by atoms with Crippen molar-refractivity contribution in [1.82, 2.24) is 0 Å². The van der Waals surface area contributed by atoms with Crippen molar-refractivity contribution in [2.24, 2.45) is 0 Å². The van der Waals surface area contributed by atoms with Crippen LogP contribution in [0.3, 0.4) is 0 Å². The Hall–Kier alpha value is -1.86. The van der Waals surface area contributed by atoms with Crippen molar-refractivity contribution in [2.75, 3.05) is 13.2 Å². The third-order valence-corrected chi connectivity index (χ3v) is 10.2. The van der Waals surface area contributed by atoms with E-state index in [1.165, 1.54) is 58.5 Å². The van der Waals surface area contributed by atoms with Gasteiger partial charge in [0.25, 0.3) is 0 Å². The first-order valence-electron chi connectivity index (χ1n) is 15.4. The summed E-state index contributed by atoms with van der Waals surface area (Å²) in [6.45, 7) is 4.99. The third kappa shape index (κ3) is 21.0. The fraction of sp³-hybridized carbons (Fsp3) is 0.588. The Morgan fingerprint density at radius 3 is 1.55 bits per heavy atom. The van der Waals surface area contributed by atoms with Crippen molar-refractivity contribution in [2.45, 2.75) is 112 Å². The average Bonchev–Trinajstić information content (AvgIpc) is 2.97. The summed E-state index contributed by atoms with van der Waals surface area (Å²) in [5.74, 6) is -1.28. The molecular formula is C34H52O5Sn. The molecular weight excluding hydrogens is 607 g/mol. The second-order valence-corrected chi connectivity index (χ2v) is 13.7. The monoisotopic (exact) mass is 660 g/mol. The van der Waals surface area contributed by atoms with Gasteiger partial charge in [0, 0.05) is 0 Å². The number of carbonyl (C=O) groups is 2. The minimum atomic E-state index is -1.42. The van der Waals surface area contributed by atoms with Gasteiger partial charge in [-0.15, -0.1) is 0 Å². The van der Waals surface area contributed by atoms with Crippen LogP contribution in [0.1, 0.15) is 108 Å². The molecule has 0 saturated heterocycles. The molecule has 222 valence electrons. The van der Waals surface area contributed by atoms with Crippen LogP contribution in [0.25, 0.3) is 0 Å². The van der Waals surface area contributed by atoms with E-state index in [1.54, 1.807) is 0 Å². The summed E-state index contributed by atoms with van der Waals surface area (Å²) in [5.41, 5.74) is 3.03. The molecule has 0 heterocycles. The van der Waals surface area contributed by atoms with Gasteiger partial charge in [0.2, 0.25) is 0 Å².